The smallest absolute Gasteiger partial charge is 0.347 e. The maximum absolute atomic E-state index is 10.8. The summed E-state index contributed by atoms with van der Waals surface area (Å²) in [6.07, 6.45) is 6.56. The normalized spacial score (nSPS) is 9.44. The highest BCUT2D eigenvalue weighted by molar-refractivity contribution is 7.16. The van der Waals surface area contributed by atoms with Gasteiger partial charge in [0.25, 0.3) is 0 Å². The molecule has 1 aromatic carbocycles. The van der Waals surface area contributed by atoms with Crippen molar-refractivity contribution in [2.45, 2.75) is 0 Å². The molecule has 5 heteroatoms. The van der Waals surface area contributed by atoms with Crippen molar-refractivity contribution >= 4 is 17.3 Å². The van der Waals surface area contributed by atoms with Crippen LogP contribution in [-0.4, -0.2) is 16.1 Å². The first-order valence-corrected chi connectivity index (χ1v) is 5.67. The van der Waals surface area contributed by atoms with Crippen LogP contribution in [0.5, 0.6) is 0 Å². The van der Waals surface area contributed by atoms with E-state index in [1.54, 1.807) is 18.2 Å². The van der Waals surface area contributed by atoms with Crippen LogP contribution in [0.1, 0.15) is 20.8 Å². The lowest BCUT2D eigenvalue weighted by atomic mass is 10.1. The lowest BCUT2D eigenvalue weighted by Gasteiger charge is -1.99. The molecule has 2 rings (SSSR count). The van der Waals surface area contributed by atoms with E-state index in [1.165, 1.54) is 6.20 Å². The maximum atomic E-state index is 10.8. The summed E-state index contributed by atoms with van der Waals surface area (Å²) in [6.45, 7) is 0. The van der Waals surface area contributed by atoms with Gasteiger partial charge in [-0.2, -0.15) is 5.26 Å². The Bertz CT molecular complexity index is 705. The van der Waals surface area contributed by atoms with E-state index in [1.807, 2.05) is 6.07 Å². The third-order valence-electron chi connectivity index (χ3n) is 2.26. The maximum Gasteiger partial charge on any atom is 0.347 e. The number of aromatic carboxylic acids is 1. The minimum absolute atomic E-state index is 0.157. The number of terminal acetylenes is 1. The molecule has 18 heavy (non-hydrogen) atoms. The Morgan fingerprint density at radius 3 is 2.78 bits per heavy atom. The van der Waals surface area contributed by atoms with Crippen molar-refractivity contribution in [3.63, 3.8) is 0 Å². The standard InChI is InChI=1S/C13H6N2O2S/c1-2-8-3-4-9(5-10(8)6-14)12-15-7-11(18-12)13(16)17/h1,3-5,7H,(H,16,17). The van der Waals surface area contributed by atoms with Crippen molar-refractivity contribution in [3.8, 4) is 29.0 Å². The first-order valence-electron chi connectivity index (χ1n) is 4.86. The lowest BCUT2D eigenvalue weighted by Crippen LogP contribution is -1.89. The zero-order chi connectivity index (χ0) is 13.1. The van der Waals surface area contributed by atoms with Gasteiger partial charge in [0.15, 0.2) is 0 Å². The van der Waals surface area contributed by atoms with E-state index in [2.05, 4.69) is 10.9 Å². The number of nitriles is 1. The Balaban J connectivity index is 2.49. The Hall–Kier alpha value is -2.63. The number of benzene rings is 1. The molecule has 1 aromatic heterocycles. The number of nitrogens with zero attached hydrogens (tertiary/aromatic N) is 2. The van der Waals surface area contributed by atoms with Crippen LogP contribution >= 0.6 is 11.3 Å². The number of hydrogen-bond donors (Lipinski definition) is 1. The highest BCUT2D eigenvalue weighted by Crippen LogP contribution is 2.26. The molecule has 0 unspecified atom stereocenters. The molecule has 0 fully saturated rings. The molecule has 0 aliphatic rings. The van der Waals surface area contributed by atoms with Crippen LogP contribution in [0.2, 0.25) is 0 Å². The molecule has 0 spiro atoms. The van der Waals surface area contributed by atoms with Crippen LogP contribution < -0.4 is 0 Å². The van der Waals surface area contributed by atoms with Crippen molar-refractivity contribution < 1.29 is 9.90 Å². The summed E-state index contributed by atoms with van der Waals surface area (Å²) >= 11 is 1.06. The van der Waals surface area contributed by atoms with E-state index < -0.39 is 5.97 Å². The number of rotatable bonds is 2. The van der Waals surface area contributed by atoms with Gasteiger partial charge in [-0.1, -0.05) is 12.0 Å². The Morgan fingerprint density at radius 2 is 2.22 bits per heavy atom. The fourth-order valence-electron chi connectivity index (χ4n) is 1.40. The number of aromatic nitrogens is 1. The molecule has 0 saturated carbocycles. The molecular weight excluding hydrogens is 248 g/mol. The molecule has 1 N–H and O–H groups in total. The van der Waals surface area contributed by atoms with Gasteiger partial charge in [0.1, 0.15) is 16.0 Å². The van der Waals surface area contributed by atoms with Gasteiger partial charge in [-0.15, -0.1) is 17.8 Å². The molecule has 0 atom stereocenters. The van der Waals surface area contributed by atoms with Crippen LogP contribution in [0.4, 0.5) is 0 Å². The average Bonchev–Trinajstić information content (AvgIpc) is 2.87. The van der Waals surface area contributed by atoms with Crippen molar-refractivity contribution in [1.82, 2.24) is 4.98 Å². The minimum Gasteiger partial charge on any atom is -0.477 e. The number of carbonyl (C=O) groups is 1. The Morgan fingerprint density at radius 1 is 1.44 bits per heavy atom. The van der Waals surface area contributed by atoms with E-state index >= 15 is 0 Å². The van der Waals surface area contributed by atoms with Gasteiger partial charge in [-0.25, -0.2) is 9.78 Å². The van der Waals surface area contributed by atoms with Crippen LogP contribution in [0.3, 0.4) is 0 Å². The average molecular weight is 254 g/mol. The molecular formula is C13H6N2O2S. The van der Waals surface area contributed by atoms with E-state index in [0.29, 0.717) is 21.7 Å². The lowest BCUT2D eigenvalue weighted by molar-refractivity contribution is 0.0702. The SMILES string of the molecule is C#Cc1ccc(-c2ncc(C(=O)O)s2)cc1C#N. The zero-order valence-electron chi connectivity index (χ0n) is 9.04. The zero-order valence-corrected chi connectivity index (χ0v) is 9.86. The van der Waals surface area contributed by atoms with Crippen LogP contribution in [0, 0.1) is 23.7 Å². The van der Waals surface area contributed by atoms with Crippen LogP contribution in [-0.2, 0) is 0 Å². The summed E-state index contributed by atoms with van der Waals surface area (Å²) in [4.78, 5) is 14.9. The van der Waals surface area contributed by atoms with Gasteiger partial charge in [-0.05, 0) is 12.1 Å². The number of thiazole rings is 1. The topological polar surface area (TPSA) is 74.0 Å². The van der Waals surface area contributed by atoms with E-state index in [0.717, 1.165) is 11.3 Å². The van der Waals surface area contributed by atoms with Gasteiger partial charge in [0, 0.05) is 11.1 Å². The molecule has 86 valence electrons. The molecule has 0 radical (unpaired) electrons. The second-order valence-electron chi connectivity index (χ2n) is 3.35. The monoisotopic (exact) mass is 254 g/mol. The molecule has 0 aliphatic heterocycles. The predicted octanol–water partition coefficient (Wildman–Crippen LogP) is 2.36. The minimum atomic E-state index is -1.01. The van der Waals surface area contributed by atoms with Crippen molar-refractivity contribution in [2.75, 3.05) is 0 Å². The molecule has 2 aromatic rings. The summed E-state index contributed by atoms with van der Waals surface area (Å²) in [5.41, 5.74) is 1.57. The third kappa shape index (κ3) is 2.08. The molecule has 4 nitrogen and oxygen atoms in total. The van der Waals surface area contributed by atoms with Gasteiger partial charge in [0.2, 0.25) is 0 Å². The summed E-state index contributed by atoms with van der Waals surface area (Å²) in [5.74, 6) is 1.40. The summed E-state index contributed by atoms with van der Waals surface area (Å²) in [5, 5.41) is 18.3. The van der Waals surface area contributed by atoms with Crippen molar-refractivity contribution in [3.05, 3.63) is 40.4 Å². The fraction of sp³-hybridized carbons (Fsp3) is 0. The summed E-state index contributed by atoms with van der Waals surface area (Å²) in [7, 11) is 0. The van der Waals surface area contributed by atoms with Gasteiger partial charge < -0.3 is 5.11 Å². The molecule has 0 aliphatic carbocycles. The Kier molecular flexibility index (Phi) is 3.09. The van der Waals surface area contributed by atoms with Crippen LogP contribution in [0.25, 0.3) is 10.6 Å². The van der Waals surface area contributed by atoms with Gasteiger partial charge in [0.05, 0.1) is 11.8 Å². The van der Waals surface area contributed by atoms with Crippen molar-refractivity contribution in [1.29, 1.82) is 5.26 Å². The first-order chi connectivity index (χ1) is 8.65. The molecule has 0 bridgehead atoms. The second-order valence-corrected chi connectivity index (χ2v) is 4.38. The van der Waals surface area contributed by atoms with E-state index in [9.17, 15) is 4.79 Å². The van der Waals surface area contributed by atoms with E-state index in [4.69, 9.17) is 16.8 Å². The number of hydrogen-bond acceptors (Lipinski definition) is 4. The highest BCUT2D eigenvalue weighted by atomic mass is 32.1. The Labute approximate surface area is 107 Å². The van der Waals surface area contributed by atoms with Crippen LogP contribution in [0.15, 0.2) is 24.4 Å². The van der Waals surface area contributed by atoms with Gasteiger partial charge >= 0.3 is 5.97 Å². The highest BCUT2D eigenvalue weighted by Gasteiger charge is 2.11. The van der Waals surface area contributed by atoms with E-state index in [-0.39, 0.29) is 4.88 Å². The summed E-state index contributed by atoms with van der Waals surface area (Å²) < 4.78 is 0. The van der Waals surface area contributed by atoms with Gasteiger partial charge in [-0.3, -0.25) is 0 Å². The predicted molar refractivity (Wildman–Crippen MR) is 67.2 cm³/mol. The number of carboxylic acids is 1. The quantitative estimate of drug-likeness (QED) is 0.835. The fourth-order valence-corrected chi connectivity index (χ4v) is 2.15. The third-order valence-corrected chi connectivity index (χ3v) is 3.29. The second kappa shape index (κ2) is 4.70. The van der Waals surface area contributed by atoms with Crippen molar-refractivity contribution in [2.24, 2.45) is 0 Å². The molecule has 0 saturated heterocycles. The largest absolute Gasteiger partial charge is 0.477 e. The molecule has 0 amide bonds. The molecule has 1 heterocycles. The number of carboxylic acid groups (broad SMARTS) is 1. The summed E-state index contributed by atoms with van der Waals surface area (Å²) in [6, 6.07) is 6.99. The first kappa shape index (κ1) is 11.8.